The summed E-state index contributed by atoms with van der Waals surface area (Å²) in [7, 11) is 0. The lowest BCUT2D eigenvalue weighted by atomic mass is 9.87. The van der Waals surface area contributed by atoms with Gasteiger partial charge in [-0.2, -0.15) is 0 Å². The van der Waals surface area contributed by atoms with E-state index < -0.39 is 0 Å². The minimum atomic E-state index is 0.488. The van der Waals surface area contributed by atoms with Crippen molar-refractivity contribution in [1.29, 1.82) is 0 Å². The van der Waals surface area contributed by atoms with Crippen LogP contribution in [0.3, 0.4) is 0 Å². The van der Waals surface area contributed by atoms with E-state index in [1.807, 2.05) is 11.3 Å². The van der Waals surface area contributed by atoms with Gasteiger partial charge in [-0.1, -0.05) is 12.2 Å². The van der Waals surface area contributed by atoms with Crippen LogP contribution < -0.4 is 5.32 Å². The van der Waals surface area contributed by atoms with Gasteiger partial charge in [0, 0.05) is 21.8 Å². The molecule has 3 rings (SSSR count). The Bertz CT molecular complexity index is 448. The number of hydrogen-bond donors (Lipinski definition) is 1. The summed E-state index contributed by atoms with van der Waals surface area (Å²) in [5, 5.41) is 3.81. The van der Waals surface area contributed by atoms with Gasteiger partial charge in [0.25, 0.3) is 0 Å². The van der Waals surface area contributed by atoms with Crippen LogP contribution in [0.25, 0.3) is 0 Å². The molecule has 5 atom stereocenters. The molecule has 98 valence electrons. The normalized spacial score (nSPS) is 32.9. The van der Waals surface area contributed by atoms with Crippen molar-refractivity contribution in [3.8, 4) is 0 Å². The Labute approximate surface area is 114 Å². The van der Waals surface area contributed by atoms with Gasteiger partial charge in [0.15, 0.2) is 0 Å². The van der Waals surface area contributed by atoms with E-state index in [9.17, 15) is 0 Å². The van der Waals surface area contributed by atoms with Gasteiger partial charge in [0.2, 0.25) is 0 Å². The maximum absolute atomic E-state index is 3.81. The molecule has 1 nitrogen and oxygen atoms in total. The number of thiophene rings is 1. The molecular formula is C16H23NS. The van der Waals surface area contributed by atoms with E-state index in [1.165, 1.54) is 22.6 Å². The van der Waals surface area contributed by atoms with E-state index in [0.717, 1.165) is 17.8 Å². The van der Waals surface area contributed by atoms with Crippen LogP contribution in [0.1, 0.15) is 42.5 Å². The minimum absolute atomic E-state index is 0.488. The summed E-state index contributed by atoms with van der Waals surface area (Å²) in [5.74, 6) is 2.57. The number of nitrogens with one attached hydrogen (secondary N) is 1. The van der Waals surface area contributed by atoms with Crippen LogP contribution in [0.2, 0.25) is 0 Å². The lowest BCUT2D eigenvalue weighted by Gasteiger charge is -2.28. The van der Waals surface area contributed by atoms with Crippen molar-refractivity contribution in [2.75, 3.05) is 0 Å². The molecule has 1 saturated carbocycles. The van der Waals surface area contributed by atoms with Gasteiger partial charge in [-0.05, 0) is 63.5 Å². The molecule has 0 amide bonds. The van der Waals surface area contributed by atoms with E-state index in [0.29, 0.717) is 12.1 Å². The predicted molar refractivity (Wildman–Crippen MR) is 78.9 cm³/mol. The summed E-state index contributed by atoms with van der Waals surface area (Å²) < 4.78 is 0. The highest BCUT2D eigenvalue weighted by Crippen LogP contribution is 2.45. The Morgan fingerprint density at radius 2 is 2.06 bits per heavy atom. The first-order valence-electron chi connectivity index (χ1n) is 7.14. The molecular weight excluding hydrogens is 238 g/mol. The molecule has 0 radical (unpaired) electrons. The largest absolute Gasteiger partial charge is 0.307 e. The second-order valence-corrected chi connectivity index (χ2v) is 7.39. The van der Waals surface area contributed by atoms with E-state index >= 15 is 0 Å². The number of allylic oxidation sites excluding steroid dienone is 2. The van der Waals surface area contributed by atoms with Crippen molar-refractivity contribution in [3.63, 3.8) is 0 Å². The van der Waals surface area contributed by atoms with Crippen molar-refractivity contribution in [2.45, 2.75) is 45.7 Å². The topological polar surface area (TPSA) is 12.0 Å². The van der Waals surface area contributed by atoms with Gasteiger partial charge in [0.05, 0.1) is 0 Å². The van der Waals surface area contributed by atoms with Gasteiger partial charge in [-0.3, -0.25) is 0 Å². The summed E-state index contributed by atoms with van der Waals surface area (Å²) in [4.78, 5) is 2.88. The molecule has 1 aromatic rings. The first-order valence-corrected chi connectivity index (χ1v) is 7.96. The standard InChI is InChI=1S/C16H23NS/c1-10-4-7-16(18-10)12(3)17-11(2)15-9-13-5-6-14(15)8-13/h4-7,11-15,17H,8-9H2,1-3H3. The highest BCUT2D eigenvalue weighted by atomic mass is 32.1. The third kappa shape index (κ3) is 2.28. The predicted octanol–water partition coefficient (Wildman–Crippen LogP) is 4.31. The zero-order valence-electron chi connectivity index (χ0n) is 11.5. The van der Waals surface area contributed by atoms with Crippen LogP contribution in [-0.4, -0.2) is 6.04 Å². The Morgan fingerprint density at radius 1 is 1.22 bits per heavy atom. The Kier molecular flexibility index (Phi) is 3.33. The fourth-order valence-electron chi connectivity index (χ4n) is 3.68. The minimum Gasteiger partial charge on any atom is -0.307 e. The molecule has 18 heavy (non-hydrogen) atoms. The number of aryl methyl sites for hydroxylation is 1. The lowest BCUT2D eigenvalue weighted by Crippen LogP contribution is -2.36. The van der Waals surface area contributed by atoms with E-state index in [4.69, 9.17) is 0 Å². The average Bonchev–Trinajstić information content (AvgIpc) is 3.03. The van der Waals surface area contributed by atoms with E-state index in [-0.39, 0.29) is 0 Å². The summed E-state index contributed by atoms with van der Waals surface area (Å²) in [6, 6.07) is 5.61. The van der Waals surface area contributed by atoms with Crippen LogP contribution in [0, 0.1) is 24.7 Å². The highest BCUT2D eigenvalue weighted by Gasteiger charge is 2.38. The summed E-state index contributed by atoms with van der Waals surface area (Å²) >= 11 is 1.92. The molecule has 0 saturated heterocycles. The fraction of sp³-hybridized carbons (Fsp3) is 0.625. The first-order chi connectivity index (χ1) is 8.63. The van der Waals surface area contributed by atoms with Crippen LogP contribution in [-0.2, 0) is 0 Å². The van der Waals surface area contributed by atoms with E-state index in [2.05, 4.69) is 50.4 Å². The molecule has 5 unspecified atom stereocenters. The van der Waals surface area contributed by atoms with Crippen molar-refractivity contribution in [1.82, 2.24) is 5.32 Å². The summed E-state index contributed by atoms with van der Waals surface area (Å²) in [6.07, 6.45) is 7.69. The van der Waals surface area contributed by atoms with Crippen molar-refractivity contribution < 1.29 is 0 Å². The first kappa shape index (κ1) is 12.4. The molecule has 1 N–H and O–H groups in total. The molecule has 0 aliphatic heterocycles. The molecule has 2 bridgehead atoms. The second-order valence-electron chi connectivity index (χ2n) is 6.07. The van der Waals surface area contributed by atoms with Gasteiger partial charge < -0.3 is 5.32 Å². The maximum Gasteiger partial charge on any atom is 0.0388 e. The van der Waals surface area contributed by atoms with Gasteiger partial charge in [-0.25, -0.2) is 0 Å². The van der Waals surface area contributed by atoms with E-state index in [1.54, 1.807) is 0 Å². The van der Waals surface area contributed by atoms with Crippen LogP contribution in [0.5, 0.6) is 0 Å². The molecule has 0 aromatic carbocycles. The monoisotopic (exact) mass is 261 g/mol. The van der Waals surface area contributed by atoms with Crippen molar-refractivity contribution in [2.24, 2.45) is 17.8 Å². The third-order valence-electron chi connectivity index (χ3n) is 4.67. The van der Waals surface area contributed by atoms with Gasteiger partial charge in [-0.15, -0.1) is 11.3 Å². The molecule has 1 aromatic heterocycles. The zero-order valence-corrected chi connectivity index (χ0v) is 12.3. The van der Waals surface area contributed by atoms with Gasteiger partial charge >= 0.3 is 0 Å². The average molecular weight is 261 g/mol. The van der Waals surface area contributed by atoms with Crippen LogP contribution in [0.15, 0.2) is 24.3 Å². The third-order valence-corrected chi connectivity index (χ3v) is 5.86. The van der Waals surface area contributed by atoms with Crippen molar-refractivity contribution in [3.05, 3.63) is 34.0 Å². The highest BCUT2D eigenvalue weighted by molar-refractivity contribution is 7.12. The molecule has 1 fully saturated rings. The fourth-order valence-corrected chi connectivity index (χ4v) is 4.57. The maximum atomic E-state index is 3.81. The van der Waals surface area contributed by atoms with Gasteiger partial charge in [0.1, 0.15) is 0 Å². The molecule has 2 aliphatic rings. The second kappa shape index (κ2) is 4.82. The Morgan fingerprint density at radius 3 is 2.61 bits per heavy atom. The SMILES string of the molecule is Cc1ccc(C(C)NC(C)C2CC3C=CC2C3)s1. The Hall–Kier alpha value is -0.600. The lowest BCUT2D eigenvalue weighted by molar-refractivity contribution is 0.308. The number of fused-ring (bicyclic) bond motifs is 2. The summed E-state index contributed by atoms with van der Waals surface area (Å²) in [6.45, 7) is 6.85. The molecule has 1 heterocycles. The van der Waals surface area contributed by atoms with Crippen LogP contribution >= 0.6 is 11.3 Å². The molecule has 2 heteroatoms. The molecule has 2 aliphatic carbocycles. The Balaban J connectivity index is 1.61. The number of rotatable bonds is 4. The summed E-state index contributed by atoms with van der Waals surface area (Å²) in [5.41, 5.74) is 0. The van der Waals surface area contributed by atoms with Crippen LogP contribution in [0.4, 0.5) is 0 Å². The molecule has 0 spiro atoms. The van der Waals surface area contributed by atoms with Crippen molar-refractivity contribution >= 4 is 11.3 Å². The quantitative estimate of drug-likeness (QED) is 0.796. The number of hydrogen-bond acceptors (Lipinski definition) is 2. The smallest absolute Gasteiger partial charge is 0.0388 e. The zero-order chi connectivity index (χ0) is 12.7.